The first-order chi connectivity index (χ1) is 7.18. The van der Waals surface area contributed by atoms with Gasteiger partial charge in [0.2, 0.25) is 0 Å². The molecule has 1 aromatic heterocycles. The van der Waals surface area contributed by atoms with Crippen LogP contribution >= 0.6 is 0 Å². The molecular formula is C12H19N3. The number of rotatable bonds is 1. The normalized spacial score (nSPS) is 33.5. The molecule has 0 saturated heterocycles. The van der Waals surface area contributed by atoms with E-state index in [1.54, 1.807) is 0 Å². The fourth-order valence-corrected chi connectivity index (χ4v) is 3.32. The molecular weight excluding hydrogens is 186 g/mol. The van der Waals surface area contributed by atoms with Gasteiger partial charge in [-0.2, -0.15) is 5.10 Å². The molecule has 3 rings (SSSR count). The highest BCUT2D eigenvalue weighted by Gasteiger charge is 2.41. The number of hydrogen-bond donors (Lipinski definition) is 1. The van der Waals surface area contributed by atoms with Gasteiger partial charge in [0.25, 0.3) is 0 Å². The zero-order valence-electron chi connectivity index (χ0n) is 9.48. The minimum Gasteiger partial charge on any atom is -0.327 e. The van der Waals surface area contributed by atoms with E-state index in [1.807, 2.05) is 0 Å². The summed E-state index contributed by atoms with van der Waals surface area (Å²) in [4.78, 5) is 0. The number of nitrogens with zero attached hydrogens (tertiary/aromatic N) is 2. The van der Waals surface area contributed by atoms with E-state index >= 15 is 0 Å². The van der Waals surface area contributed by atoms with E-state index < -0.39 is 0 Å². The standard InChI is InChI=1S/C12H19N3/c1-7(2)15-11-5-8-3-4-9(12(8)13)10(11)6-14-15/h6-9,12H,3-5,13H2,1-2H3/t8-,9-,12+/m1/s1. The summed E-state index contributed by atoms with van der Waals surface area (Å²) in [5, 5.41) is 4.51. The first kappa shape index (κ1) is 9.40. The predicted octanol–water partition coefficient (Wildman–Crippen LogP) is 1.84. The van der Waals surface area contributed by atoms with Gasteiger partial charge in [0, 0.05) is 23.7 Å². The van der Waals surface area contributed by atoms with E-state index in [2.05, 4.69) is 29.8 Å². The molecule has 15 heavy (non-hydrogen) atoms. The van der Waals surface area contributed by atoms with E-state index in [0.29, 0.717) is 23.9 Å². The zero-order chi connectivity index (χ0) is 10.6. The number of nitrogens with two attached hydrogens (primary N) is 1. The molecule has 0 spiro atoms. The first-order valence-corrected chi connectivity index (χ1v) is 6.00. The molecule has 1 saturated carbocycles. The molecule has 82 valence electrons. The van der Waals surface area contributed by atoms with E-state index in [-0.39, 0.29) is 0 Å². The summed E-state index contributed by atoms with van der Waals surface area (Å²) in [5.41, 5.74) is 9.14. The Labute approximate surface area is 90.7 Å². The number of aromatic nitrogens is 2. The van der Waals surface area contributed by atoms with Gasteiger partial charge in [-0.05, 0) is 44.6 Å². The lowest BCUT2D eigenvalue weighted by Crippen LogP contribution is -2.35. The van der Waals surface area contributed by atoms with Crippen molar-refractivity contribution in [1.29, 1.82) is 0 Å². The maximum atomic E-state index is 6.25. The molecule has 0 amide bonds. The van der Waals surface area contributed by atoms with E-state index in [9.17, 15) is 0 Å². The Morgan fingerprint density at radius 1 is 1.47 bits per heavy atom. The van der Waals surface area contributed by atoms with Crippen LogP contribution in [0.3, 0.4) is 0 Å². The van der Waals surface area contributed by atoms with Crippen LogP contribution in [-0.4, -0.2) is 15.8 Å². The van der Waals surface area contributed by atoms with Crippen LogP contribution < -0.4 is 5.73 Å². The smallest absolute Gasteiger partial charge is 0.0528 e. The Balaban J connectivity index is 2.07. The second-order valence-electron chi connectivity index (χ2n) is 5.31. The van der Waals surface area contributed by atoms with Crippen molar-refractivity contribution in [3.8, 4) is 0 Å². The molecule has 1 fully saturated rings. The third kappa shape index (κ3) is 1.19. The Kier molecular flexibility index (Phi) is 1.93. The molecule has 1 aromatic rings. The lowest BCUT2D eigenvalue weighted by atomic mass is 9.83. The monoisotopic (exact) mass is 205 g/mol. The minimum absolute atomic E-state index is 0.391. The molecule has 0 aromatic carbocycles. The summed E-state index contributed by atoms with van der Waals surface area (Å²) in [6.45, 7) is 4.40. The third-order valence-electron chi connectivity index (χ3n) is 4.13. The van der Waals surface area contributed by atoms with E-state index in [1.165, 1.54) is 24.1 Å². The molecule has 2 aliphatic carbocycles. The maximum Gasteiger partial charge on any atom is 0.0528 e. The van der Waals surface area contributed by atoms with Gasteiger partial charge in [0.15, 0.2) is 0 Å². The van der Waals surface area contributed by atoms with Crippen molar-refractivity contribution >= 4 is 0 Å². The van der Waals surface area contributed by atoms with Crippen molar-refractivity contribution in [2.45, 2.75) is 51.1 Å². The number of hydrogen-bond acceptors (Lipinski definition) is 2. The van der Waals surface area contributed by atoms with Crippen molar-refractivity contribution in [2.24, 2.45) is 11.7 Å². The topological polar surface area (TPSA) is 43.8 Å². The average Bonchev–Trinajstić information content (AvgIpc) is 2.69. The molecule has 2 N–H and O–H groups in total. The SMILES string of the molecule is CC(C)n1ncc2c1C[C@H]1CC[C@H]2[C@H]1N. The summed E-state index contributed by atoms with van der Waals surface area (Å²) in [6, 6.07) is 0.866. The van der Waals surface area contributed by atoms with Crippen LogP contribution in [-0.2, 0) is 6.42 Å². The lowest BCUT2D eigenvalue weighted by Gasteiger charge is -2.28. The van der Waals surface area contributed by atoms with Gasteiger partial charge in [-0.15, -0.1) is 0 Å². The Morgan fingerprint density at radius 3 is 3.00 bits per heavy atom. The highest BCUT2D eigenvalue weighted by atomic mass is 15.3. The molecule has 3 nitrogen and oxygen atoms in total. The molecule has 0 aliphatic heterocycles. The molecule has 3 heteroatoms. The van der Waals surface area contributed by atoms with Gasteiger partial charge < -0.3 is 5.73 Å². The van der Waals surface area contributed by atoms with E-state index in [4.69, 9.17) is 5.73 Å². The van der Waals surface area contributed by atoms with Crippen LogP contribution in [0.15, 0.2) is 6.20 Å². The lowest BCUT2D eigenvalue weighted by molar-refractivity contribution is 0.403. The number of fused-ring (bicyclic) bond motifs is 4. The summed E-state index contributed by atoms with van der Waals surface area (Å²) >= 11 is 0. The first-order valence-electron chi connectivity index (χ1n) is 6.00. The van der Waals surface area contributed by atoms with Gasteiger partial charge in [-0.1, -0.05) is 0 Å². The van der Waals surface area contributed by atoms with Gasteiger partial charge >= 0.3 is 0 Å². The summed E-state index contributed by atoms with van der Waals surface area (Å²) < 4.78 is 2.19. The Hall–Kier alpha value is -0.830. The van der Waals surface area contributed by atoms with E-state index in [0.717, 1.165) is 6.42 Å². The highest BCUT2D eigenvalue weighted by molar-refractivity contribution is 5.31. The third-order valence-corrected chi connectivity index (χ3v) is 4.13. The van der Waals surface area contributed by atoms with Crippen molar-refractivity contribution in [2.75, 3.05) is 0 Å². The minimum atomic E-state index is 0.391. The largest absolute Gasteiger partial charge is 0.327 e. The van der Waals surface area contributed by atoms with Crippen molar-refractivity contribution < 1.29 is 0 Å². The highest BCUT2D eigenvalue weighted by Crippen LogP contribution is 2.45. The maximum absolute atomic E-state index is 6.25. The summed E-state index contributed by atoms with van der Waals surface area (Å²) in [6.07, 6.45) is 5.77. The van der Waals surface area contributed by atoms with Crippen molar-refractivity contribution in [1.82, 2.24) is 9.78 Å². The van der Waals surface area contributed by atoms with Crippen molar-refractivity contribution in [3.05, 3.63) is 17.5 Å². The Morgan fingerprint density at radius 2 is 2.27 bits per heavy atom. The van der Waals surface area contributed by atoms with Crippen LogP contribution in [0.25, 0.3) is 0 Å². The molecule has 2 aliphatic rings. The van der Waals surface area contributed by atoms with Crippen LogP contribution in [0.4, 0.5) is 0 Å². The Bertz CT molecular complexity index is 380. The molecule has 1 heterocycles. The van der Waals surface area contributed by atoms with Gasteiger partial charge in [0.05, 0.1) is 6.20 Å². The predicted molar refractivity (Wildman–Crippen MR) is 59.8 cm³/mol. The molecule has 0 radical (unpaired) electrons. The summed E-state index contributed by atoms with van der Waals surface area (Å²) in [7, 11) is 0. The fourth-order valence-electron chi connectivity index (χ4n) is 3.32. The van der Waals surface area contributed by atoms with Gasteiger partial charge in [-0.3, -0.25) is 4.68 Å². The van der Waals surface area contributed by atoms with Crippen LogP contribution in [0.1, 0.15) is 49.9 Å². The quantitative estimate of drug-likeness (QED) is 0.760. The van der Waals surface area contributed by atoms with Gasteiger partial charge in [0.1, 0.15) is 0 Å². The molecule has 0 unspecified atom stereocenters. The van der Waals surface area contributed by atoms with Gasteiger partial charge in [-0.25, -0.2) is 0 Å². The fraction of sp³-hybridized carbons (Fsp3) is 0.750. The molecule has 2 bridgehead atoms. The summed E-state index contributed by atoms with van der Waals surface area (Å²) in [5.74, 6) is 1.29. The van der Waals surface area contributed by atoms with Crippen LogP contribution in [0, 0.1) is 5.92 Å². The van der Waals surface area contributed by atoms with Crippen molar-refractivity contribution in [3.63, 3.8) is 0 Å². The van der Waals surface area contributed by atoms with Crippen LogP contribution in [0.5, 0.6) is 0 Å². The van der Waals surface area contributed by atoms with Crippen LogP contribution in [0.2, 0.25) is 0 Å². The second kappa shape index (κ2) is 3.08. The molecule has 3 atom stereocenters. The second-order valence-corrected chi connectivity index (χ2v) is 5.31. The zero-order valence-corrected chi connectivity index (χ0v) is 9.48. The average molecular weight is 205 g/mol.